The van der Waals surface area contributed by atoms with Crippen molar-refractivity contribution in [2.24, 2.45) is 0 Å². The Labute approximate surface area is 183 Å². The van der Waals surface area contributed by atoms with Crippen molar-refractivity contribution in [1.29, 1.82) is 0 Å². The van der Waals surface area contributed by atoms with Gasteiger partial charge >= 0.3 is 5.97 Å². The van der Waals surface area contributed by atoms with E-state index >= 15 is 0 Å². The topological polar surface area (TPSA) is 58.4 Å². The third-order valence-electron chi connectivity index (χ3n) is 7.40. The number of aryl methyl sites for hydroxylation is 1. The van der Waals surface area contributed by atoms with Gasteiger partial charge in [-0.15, -0.1) is 0 Å². The summed E-state index contributed by atoms with van der Waals surface area (Å²) < 4.78 is 2.45. The minimum atomic E-state index is -0.871. The average Bonchev–Trinajstić information content (AvgIpc) is 3.15. The molecule has 0 spiro atoms. The van der Waals surface area contributed by atoms with Crippen molar-refractivity contribution in [2.45, 2.75) is 70.4 Å². The van der Waals surface area contributed by atoms with Crippen LogP contribution in [0.2, 0.25) is 0 Å². The van der Waals surface area contributed by atoms with Gasteiger partial charge in [0.25, 0.3) is 0 Å². The molecule has 162 valence electrons. The Bertz CT molecular complexity index is 1130. The Hall–Kier alpha value is -2.82. The van der Waals surface area contributed by atoms with Crippen LogP contribution >= 0.6 is 0 Å². The molecule has 31 heavy (non-hydrogen) atoms. The molecule has 1 aliphatic heterocycles. The Morgan fingerprint density at radius 2 is 1.87 bits per heavy atom. The number of imidazole rings is 1. The number of aromatic nitrogens is 2. The van der Waals surface area contributed by atoms with Crippen LogP contribution in [0.3, 0.4) is 0 Å². The lowest BCUT2D eigenvalue weighted by atomic mass is 9.94. The van der Waals surface area contributed by atoms with Crippen LogP contribution in [0.1, 0.15) is 78.8 Å². The number of rotatable bonds is 4. The summed E-state index contributed by atoms with van der Waals surface area (Å²) >= 11 is 0. The number of aromatic carboxylic acids is 1. The van der Waals surface area contributed by atoms with Gasteiger partial charge in [-0.3, -0.25) is 0 Å². The number of hydrogen-bond acceptors (Lipinski definition) is 3. The fourth-order valence-electron chi connectivity index (χ4n) is 5.54. The molecule has 2 aromatic carbocycles. The second-order valence-corrected chi connectivity index (χ2v) is 9.26. The van der Waals surface area contributed by atoms with E-state index in [1.54, 1.807) is 12.1 Å². The molecule has 0 bridgehead atoms. The lowest BCUT2D eigenvalue weighted by Gasteiger charge is -2.34. The van der Waals surface area contributed by atoms with Crippen LogP contribution in [0.5, 0.6) is 0 Å². The van der Waals surface area contributed by atoms with Crippen LogP contribution in [0, 0.1) is 0 Å². The molecule has 1 N–H and O–H groups in total. The van der Waals surface area contributed by atoms with E-state index in [1.165, 1.54) is 48.9 Å². The number of hydrogen-bond donors (Lipinski definition) is 1. The molecule has 5 rings (SSSR count). The van der Waals surface area contributed by atoms with E-state index in [0.29, 0.717) is 24.1 Å². The van der Waals surface area contributed by atoms with Gasteiger partial charge < -0.3 is 14.6 Å². The van der Waals surface area contributed by atoms with Gasteiger partial charge in [0.1, 0.15) is 5.82 Å². The van der Waals surface area contributed by atoms with Crippen LogP contribution in [0.4, 0.5) is 5.69 Å². The zero-order valence-electron chi connectivity index (χ0n) is 18.5. The number of carbonyl (C=O) groups is 1. The fourth-order valence-corrected chi connectivity index (χ4v) is 5.54. The molecule has 1 fully saturated rings. The van der Waals surface area contributed by atoms with Crippen molar-refractivity contribution >= 4 is 22.7 Å². The number of carboxylic acids is 1. The van der Waals surface area contributed by atoms with E-state index in [2.05, 4.69) is 35.6 Å². The molecule has 1 aromatic heterocycles. The Morgan fingerprint density at radius 1 is 1.10 bits per heavy atom. The van der Waals surface area contributed by atoms with Gasteiger partial charge in [-0.2, -0.15) is 0 Å². The molecule has 1 atom stereocenters. The Kier molecular flexibility index (Phi) is 5.20. The monoisotopic (exact) mass is 417 g/mol. The van der Waals surface area contributed by atoms with Crippen LogP contribution < -0.4 is 4.90 Å². The smallest absolute Gasteiger partial charge is 0.335 e. The van der Waals surface area contributed by atoms with Gasteiger partial charge in [0.05, 0.1) is 16.6 Å². The van der Waals surface area contributed by atoms with Gasteiger partial charge in [0.15, 0.2) is 0 Å². The largest absolute Gasteiger partial charge is 0.478 e. The summed E-state index contributed by atoms with van der Waals surface area (Å²) in [6.45, 7) is 2.28. The van der Waals surface area contributed by atoms with Crippen LogP contribution in [-0.4, -0.2) is 33.7 Å². The molecule has 0 amide bonds. The van der Waals surface area contributed by atoms with Crippen molar-refractivity contribution in [3.8, 4) is 0 Å². The van der Waals surface area contributed by atoms with E-state index < -0.39 is 5.97 Å². The van der Waals surface area contributed by atoms with Crippen molar-refractivity contribution in [1.82, 2.24) is 9.55 Å². The first kappa shape index (κ1) is 20.1. The summed E-state index contributed by atoms with van der Waals surface area (Å²) in [7, 11) is 2.18. The first-order valence-corrected chi connectivity index (χ1v) is 11.6. The minimum absolute atomic E-state index is 0.375. The maximum Gasteiger partial charge on any atom is 0.335 e. The number of nitrogens with zero attached hydrogens (tertiary/aromatic N) is 3. The third-order valence-corrected chi connectivity index (χ3v) is 7.40. The fraction of sp³-hybridized carbons (Fsp3) is 0.462. The molecule has 0 radical (unpaired) electrons. The summed E-state index contributed by atoms with van der Waals surface area (Å²) in [5.74, 6) is 0.134. The lowest BCUT2D eigenvalue weighted by Crippen LogP contribution is -2.33. The molecule has 3 aromatic rings. The number of benzene rings is 2. The van der Waals surface area contributed by atoms with Crippen LogP contribution in [0.15, 0.2) is 36.4 Å². The van der Waals surface area contributed by atoms with Gasteiger partial charge in [0.2, 0.25) is 0 Å². The first-order chi connectivity index (χ1) is 15.0. The summed E-state index contributed by atoms with van der Waals surface area (Å²) in [5.41, 5.74) is 6.18. The zero-order valence-corrected chi connectivity index (χ0v) is 18.5. The predicted octanol–water partition coefficient (Wildman–Crippen LogP) is 5.60. The molecule has 2 heterocycles. The average molecular weight is 418 g/mol. The molecule has 1 aliphatic carbocycles. The summed E-state index contributed by atoms with van der Waals surface area (Å²) in [5, 5.41) is 9.68. The minimum Gasteiger partial charge on any atom is -0.478 e. The Balaban J connectivity index is 1.67. The zero-order chi connectivity index (χ0) is 21.5. The van der Waals surface area contributed by atoms with Crippen molar-refractivity contribution in [2.75, 3.05) is 11.9 Å². The summed E-state index contributed by atoms with van der Waals surface area (Å²) in [6, 6.07) is 12.8. The molecule has 2 aliphatic rings. The van der Waals surface area contributed by atoms with E-state index in [4.69, 9.17) is 4.98 Å². The molecule has 5 nitrogen and oxygen atoms in total. The highest BCUT2D eigenvalue weighted by Gasteiger charge is 2.27. The van der Waals surface area contributed by atoms with Gasteiger partial charge in [-0.25, -0.2) is 9.78 Å². The maximum atomic E-state index is 11.8. The summed E-state index contributed by atoms with van der Waals surface area (Å²) in [4.78, 5) is 19.4. The van der Waals surface area contributed by atoms with E-state index in [-0.39, 0.29) is 0 Å². The number of anilines is 1. The first-order valence-electron chi connectivity index (χ1n) is 11.6. The van der Waals surface area contributed by atoms with Crippen molar-refractivity contribution < 1.29 is 9.90 Å². The predicted molar refractivity (Wildman–Crippen MR) is 124 cm³/mol. The number of fused-ring (bicyclic) bond motifs is 3. The normalized spacial score (nSPS) is 19.5. The maximum absolute atomic E-state index is 11.8. The summed E-state index contributed by atoms with van der Waals surface area (Å²) in [6.07, 6.45) is 8.88. The second-order valence-electron chi connectivity index (χ2n) is 9.26. The standard InChI is InChI=1S/C26H31N3O2/c1-17-12-13-21-22(28(17)2)14-15-23-25(21)27-24(29(23)19-9-4-3-5-10-19)16-18-8-6-7-11-20(18)26(30)31/h6-8,11,14-15,17,19H,3-5,9-10,12-13,16H2,1-2H3,(H,30,31). The van der Waals surface area contributed by atoms with E-state index in [9.17, 15) is 9.90 Å². The molecule has 5 heteroatoms. The number of carboxylic acid groups (broad SMARTS) is 1. The molecular formula is C26H31N3O2. The third kappa shape index (κ3) is 3.50. The molecule has 0 saturated heterocycles. The molecular weight excluding hydrogens is 386 g/mol. The van der Waals surface area contributed by atoms with Crippen molar-refractivity contribution in [3.05, 3.63) is 58.9 Å². The SMILES string of the molecule is CC1CCc2c(ccc3c2nc(Cc2ccccc2C(=O)O)n3C2CCCCC2)N1C. The van der Waals surface area contributed by atoms with Gasteiger partial charge in [-0.1, -0.05) is 37.5 Å². The van der Waals surface area contributed by atoms with Crippen LogP contribution in [0.25, 0.3) is 11.0 Å². The Morgan fingerprint density at radius 3 is 2.65 bits per heavy atom. The van der Waals surface area contributed by atoms with Crippen LogP contribution in [-0.2, 0) is 12.8 Å². The van der Waals surface area contributed by atoms with Gasteiger partial charge in [-0.05, 0) is 56.4 Å². The second kappa shape index (κ2) is 8.03. The van der Waals surface area contributed by atoms with E-state index in [1.807, 2.05) is 12.1 Å². The molecule has 1 unspecified atom stereocenters. The van der Waals surface area contributed by atoms with Gasteiger partial charge in [0, 0.05) is 36.8 Å². The highest BCUT2D eigenvalue weighted by atomic mass is 16.4. The van der Waals surface area contributed by atoms with Crippen molar-refractivity contribution in [3.63, 3.8) is 0 Å². The van der Waals surface area contributed by atoms with E-state index in [0.717, 1.165) is 29.7 Å². The highest BCUT2D eigenvalue weighted by molar-refractivity contribution is 5.90. The quantitative estimate of drug-likeness (QED) is 0.600. The highest BCUT2D eigenvalue weighted by Crippen LogP contribution is 2.39. The lowest BCUT2D eigenvalue weighted by molar-refractivity contribution is 0.0696. The molecule has 1 saturated carbocycles.